The topological polar surface area (TPSA) is 67.3 Å². The van der Waals surface area contributed by atoms with Gasteiger partial charge in [0.05, 0.1) is 23.7 Å². The average Bonchev–Trinajstić information content (AvgIpc) is 2.90. The predicted molar refractivity (Wildman–Crippen MR) is 101 cm³/mol. The van der Waals surface area contributed by atoms with Gasteiger partial charge in [-0.1, -0.05) is 25.6 Å². The number of hydrogen-bond donors (Lipinski definition) is 2. The van der Waals surface area contributed by atoms with Crippen LogP contribution in [0.4, 0.5) is 5.82 Å². The summed E-state index contributed by atoms with van der Waals surface area (Å²) in [5, 5.41) is 14.9. The summed E-state index contributed by atoms with van der Waals surface area (Å²) in [5.41, 5.74) is 1.19. The van der Waals surface area contributed by atoms with Crippen LogP contribution in [0.3, 0.4) is 0 Å². The summed E-state index contributed by atoms with van der Waals surface area (Å²) >= 11 is 3.35. The number of nitrogens with one attached hydrogen (secondary N) is 1. The summed E-state index contributed by atoms with van der Waals surface area (Å²) in [7, 11) is 0. The van der Waals surface area contributed by atoms with Gasteiger partial charge in [0.25, 0.3) is 0 Å². The van der Waals surface area contributed by atoms with Gasteiger partial charge in [-0.3, -0.25) is 0 Å². The molecule has 2 aromatic heterocycles. The zero-order valence-corrected chi connectivity index (χ0v) is 16.3. The first-order chi connectivity index (χ1) is 11.5. The third-order valence-electron chi connectivity index (χ3n) is 4.40. The van der Waals surface area contributed by atoms with Gasteiger partial charge in [0, 0.05) is 17.8 Å². The third kappa shape index (κ3) is 3.54. The molecule has 3 rings (SSSR count). The predicted octanol–water partition coefficient (Wildman–Crippen LogP) is 3.84. The van der Waals surface area contributed by atoms with E-state index in [2.05, 4.69) is 26.1 Å². The fourth-order valence-electron chi connectivity index (χ4n) is 2.85. The molecule has 0 spiro atoms. The second kappa shape index (κ2) is 7.15. The molecule has 2 atom stereocenters. The number of rotatable bonds is 6. The van der Waals surface area contributed by atoms with E-state index < -0.39 is 6.10 Å². The fraction of sp³-hybridized carbons (Fsp3) is 0.647. The molecule has 0 radical (unpaired) electrons. The molecule has 5 nitrogen and oxygen atoms in total. The van der Waals surface area contributed by atoms with E-state index in [-0.39, 0.29) is 5.60 Å². The van der Waals surface area contributed by atoms with Crippen molar-refractivity contribution in [3.8, 4) is 0 Å². The van der Waals surface area contributed by atoms with Crippen molar-refractivity contribution in [2.75, 3.05) is 17.6 Å². The van der Waals surface area contributed by atoms with Crippen molar-refractivity contribution in [1.29, 1.82) is 0 Å². The lowest BCUT2D eigenvalue weighted by Gasteiger charge is -2.33. The van der Waals surface area contributed by atoms with Crippen LogP contribution in [0.1, 0.15) is 44.6 Å². The number of anilines is 1. The number of thioether (sulfide) groups is 1. The molecule has 132 valence electrons. The van der Waals surface area contributed by atoms with Gasteiger partial charge in [0.15, 0.2) is 5.16 Å². The number of ether oxygens (including phenoxy) is 1. The number of aliphatic hydroxyl groups is 1. The fourth-order valence-corrected chi connectivity index (χ4v) is 4.58. The van der Waals surface area contributed by atoms with Crippen molar-refractivity contribution in [3.05, 3.63) is 10.4 Å². The largest absolute Gasteiger partial charge is 0.392 e. The van der Waals surface area contributed by atoms with Crippen molar-refractivity contribution in [2.24, 2.45) is 0 Å². The molecule has 0 amide bonds. The molecular formula is C17H25N3O2S2. The summed E-state index contributed by atoms with van der Waals surface area (Å²) in [6.07, 6.45) is 1.44. The molecule has 1 aliphatic heterocycles. The molecule has 0 saturated heterocycles. The molecule has 7 heteroatoms. The first kappa shape index (κ1) is 17.9. The molecule has 0 saturated carbocycles. The number of fused-ring (bicyclic) bond motifs is 3. The normalized spacial score (nSPS) is 21.7. The molecule has 0 unspecified atom stereocenters. The van der Waals surface area contributed by atoms with E-state index in [0.717, 1.165) is 39.8 Å². The number of hydrogen-bond acceptors (Lipinski definition) is 7. The lowest BCUT2D eigenvalue weighted by atomic mass is 9.90. The molecule has 2 aromatic rings. The smallest absolute Gasteiger partial charge is 0.190 e. The Morgan fingerprint density at radius 3 is 2.88 bits per heavy atom. The highest BCUT2D eigenvalue weighted by Gasteiger charge is 2.33. The van der Waals surface area contributed by atoms with Gasteiger partial charge in [-0.2, -0.15) is 0 Å². The van der Waals surface area contributed by atoms with Crippen molar-refractivity contribution in [3.63, 3.8) is 0 Å². The molecular weight excluding hydrogens is 342 g/mol. The highest BCUT2D eigenvalue weighted by atomic mass is 32.2. The summed E-state index contributed by atoms with van der Waals surface area (Å²) in [6.45, 7) is 9.34. The Labute approximate surface area is 151 Å². The van der Waals surface area contributed by atoms with E-state index in [0.29, 0.717) is 13.2 Å². The van der Waals surface area contributed by atoms with Gasteiger partial charge < -0.3 is 15.2 Å². The molecule has 0 bridgehead atoms. The summed E-state index contributed by atoms with van der Waals surface area (Å²) < 4.78 is 6.08. The van der Waals surface area contributed by atoms with E-state index in [1.165, 1.54) is 10.4 Å². The number of nitrogens with zero attached hydrogens (tertiary/aromatic N) is 2. The standard InChI is InChI=1S/C17H25N3O2S2/c1-5-17(4)7-11-12(9-22-17)24-15-13(11)14(18-8-10(3)21)19-16(20-15)23-6-2/h10,21H,5-9H2,1-4H3,(H,18,19,20)/t10-,17+/m1/s1. The van der Waals surface area contributed by atoms with Crippen molar-refractivity contribution in [1.82, 2.24) is 9.97 Å². The van der Waals surface area contributed by atoms with Crippen LogP contribution in [0.2, 0.25) is 0 Å². The van der Waals surface area contributed by atoms with E-state index in [9.17, 15) is 5.11 Å². The molecule has 0 aromatic carbocycles. The SMILES string of the molecule is CCSc1nc(NC[C@@H](C)O)c2c3c(sc2n1)CO[C@@](C)(CC)C3. The van der Waals surface area contributed by atoms with E-state index in [1.807, 2.05) is 0 Å². The van der Waals surface area contributed by atoms with Crippen LogP contribution in [0.5, 0.6) is 0 Å². The van der Waals surface area contributed by atoms with Crippen LogP contribution in [0, 0.1) is 0 Å². The zero-order chi connectivity index (χ0) is 17.3. The summed E-state index contributed by atoms with van der Waals surface area (Å²) in [5.74, 6) is 1.78. The van der Waals surface area contributed by atoms with Crippen LogP contribution < -0.4 is 5.32 Å². The first-order valence-electron chi connectivity index (χ1n) is 8.46. The van der Waals surface area contributed by atoms with Crippen molar-refractivity contribution < 1.29 is 9.84 Å². The maximum Gasteiger partial charge on any atom is 0.190 e. The second-order valence-electron chi connectivity index (χ2n) is 6.47. The highest BCUT2D eigenvalue weighted by Crippen LogP contribution is 2.42. The summed E-state index contributed by atoms with van der Waals surface area (Å²) in [6, 6.07) is 0. The van der Waals surface area contributed by atoms with Crippen LogP contribution in [0.25, 0.3) is 10.2 Å². The Balaban J connectivity index is 2.09. The average molecular weight is 368 g/mol. The van der Waals surface area contributed by atoms with Crippen LogP contribution >= 0.6 is 23.1 Å². The summed E-state index contributed by atoms with van der Waals surface area (Å²) in [4.78, 5) is 11.7. The molecule has 0 fully saturated rings. The Hall–Kier alpha value is -0.890. The van der Waals surface area contributed by atoms with E-state index in [4.69, 9.17) is 14.7 Å². The Morgan fingerprint density at radius 1 is 1.42 bits per heavy atom. The van der Waals surface area contributed by atoms with Gasteiger partial charge >= 0.3 is 0 Å². The van der Waals surface area contributed by atoms with Crippen molar-refractivity contribution in [2.45, 2.75) is 64.0 Å². The first-order valence-corrected chi connectivity index (χ1v) is 10.3. The van der Waals surface area contributed by atoms with Gasteiger partial charge in [-0.05, 0) is 31.6 Å². The molecule has 2 N–H and O–H groups in total. The van der Waals surface area contributed by atoms with Gasteiger partial charge in [-0.25, -0.2) is 9.97 Å². The Bertz CT molecular complexity index is 732. The van der Waals surface area contributed by atoms with Gasteiger partial charge in [0.2, 0.25) is 0 Å². The maximum absolute atomic E-state index is 9.64. The lowest BCUT2D eigenvalue weighted by molar-refractivity contribution is -0.0542. The van der Waals surface area contributed by atoms with E-state index >= 15 is 0 Å². The maximum atomic E-state index is 9.64. The monoisotopic (exact) mass is 367 g/mol. The van der Waals surface area contributed by atoms with Crippen LogP contribution in [0.15, 0.2) is 5.16 Å². The van der Waals surface area contributed by atoms with Crippen LogP contribution in [-0.2, 0) is 17.8 Å². The third-order valence-corrected chi connectivity index (χ3v) is 6.23. The molecule has 1 aliphatic rings. The number of aliphatic hydroxyl groups excluding tert-OH is 1. The lowest BCUT2D eigenvalue weighted by Crippen LogP contribution is -2.34. The second-order valence-corrected chi connectivity index (χ2v) is 8.79. The Morgan fingerprint density at radius 2 is 2.21 bits per heavy atom. The minimum absolute atomic E-state index is 0.126. The molecule has 24 heavy (non-hydrogen) atoms. The number of thiophene rings is 1. The van der Waals surface area contributed by atoms with Gasteiger partial charge in [0.1, 0.15) is 10.6 Å². The quantitative estimate of drug-likeness (QED) is 0.597. The van der Waals surface area contributed by atoms with Crippen molar-refractivity contribution >= 4 is 39.1 Å². The molecule has 3 heterocycles. The highest BCUT2D eigenvalue weighted by molar-refractivity contribution is 7.99. The van der Waals surface area contributed by atoms with Gasteiger partial charge in [-0.15, -0.1) is 11.3 Å². The van der Waals surface area contributed by atoms with Crippen LogP contribution in [-0.4, -0.2) is 39.1 Å². The van der Waals surface area contributed by atoms with E-state index in [1.54, 1.807) is 30.0 Å². The minimum atomic E-state index is -0.420. The number of aromatic nitrogens is 2. The minimum Gasteiger partial charge on any atom is -0.392 e. The Kier molecular flexibility index (Phi) is 5.34. The zero-order valence-electron chi connectivity index (χ0n) is 14.7. The molecule has 0 aliphatic carbocycles.